The second-order valence-electron chi connectivity index (χ2n) is 3.25. The Balaban J connectivity index is 2.56. The maximum absolute atomic E-state index is 8.57. The Morgan fingerprint density at radius 2 is 1.77 bits per heavy atom. The van der Waals surface area contributed by atoms with E-state index in [0.717, 1.165) is 5.75 Å². The van der Waals surface area contributed by atoms with Gasteiger partial charge in [0.25, 0.3) is 0 Å². The van der Waals surface area contributed by atoms with Gasteiger partial charge in [-0.05, 0) is 37.1 Å². The summed E-state index contributed by atoms with van der Waals surface area (Å²) in [6.45, 7) is 4.86. The molecule has 72 valence electrons. The third-order valence-corrected chi connectivity index (χ3v) is 1.77. The Hall–Kier alpha value is -1.02. The van der Waals surface area contributed by atoms with Crippen LogP contribution in [-0.2, 0) is 0 Å². The van der Waals surface area contributed by atoms with Crippen molar-refractivity contribution in [2.45, 2.75) is 20.3 Å². The summed E-state index contributed by atoms with van der Waals surface area (Å²) in [5.74, 6) is 0.894. The van der Waals surface area contributed by atoms with Crippen molar-refractivity contribution < 1.29 is 9.84 Å². The second-order valence-corrected chi connectivity index (χ2v) is 3.25. The van der Waals surface area contributed by atoms with Gasteiger partial charge in [-0.25, -0.2) is 0 Å². The molecule has 0 spiro atoms. The van der Waals surface area contributed by atoms with E-state index in [0.29, 0.717) is 13.0 Å². The molecule has 0 heterocycles. The molecule has 13 heavy (non-hydrogen) atoms. The molecule has 2 nitrogen and oxygen atoms in total. The molecule has 1 aromatic carbocycles. The number of aliphatic hydroxyl groups is 1. The molecule has 0 aromatic heterocycles. The molecule has 0 amide bonds. The molecule has 0 unspecified atom stereocenters. The van der Waals surface area contributed by atoms with E-state index in [-0.39, 0.29) is 6.61 Å². The van der Waals surface area contributed by atoms with Crippen LogP contribution in [0.2, 0.25) is 0 Å². The van der Waals surface area contributed by atoms with Gasteiger partial charge in [0, 0.05) is 13.0 Å². The van der Waals surface area contributed by atoms with E-state index in [1.54, 1.807) is 0 Å². The average molecular weight is 180 g/mol. The monoisotopic (exact) mass is 180 g/mol. The summed E-state index contributed by atoms with van der Waals surface area (Å²) in [5, 5.41) is 8.57. The van der Waals surface area contributed by atoms with Crippen molar-refractivity contribution in [3.8, 4) is 5.75 Å². The van der Waals surface area contributed by atoms with Crippen LogP contribution >= 0.6 is 0 Å². The quantitative estimate of drug-likeness (QED) is 0.719. The van der Waals surface area contributed by atoms with Gasteiger partial charge < -0.3 is 9.84 Å². The molecule has 2 heteroatoms. The minimum atomic E-state index is 0.185. The molecule has 0 aliphatic carbocycles. The third-order valence-electron chi connectivity index (χ3n) is 1.77. The van der Waals surface area contributed by atoms with Crippen LogP contribution in [0.4, 0.5) is 0 Å². The largest absolute Gasteiger partial charge is 0.493 e. The highest BCUT2D eigenvalue weighted by Gasteiger charge is 1.95. The van der Waals surface area contributed by atoms with Gasteiger partial charge in [0.15, 0.2) is 0 Å². The predicted molar refractivity (Wildman–Crippen MR) is 53.1 cm³/mol. The SMILES string of the molecule is Cc1cc(C)cc(OCCCO)c1. The van der Waals surface area contributed by atoms with Crippen molar-refractivity contribution in [3.63, 3.8) is 0 Å². The van der Waals surface area contributed by atoms with Gasteiger partial charge in [0.2, 0.25) is 0 Å². The van der Waals surface area contributed by atoms with E-state index in [1.807, 2.05) is 26.0 Å². The first-order chi connectivity index (χ1) is 6.22. The summed E-state index contributed by atoms with van der Waals surface area (Å²) < 4.78 is 5.45. The second kappa shape index (κ2) is 4.87. The number of hydrogen-bond donors (Lipinski definition) is 1. The highest BCUT2D eigenvalue weighted by Crippen LogP contribution is 2.16. The van der Waals surface area contributed by atoms with E-state index in [1.165, 1.54) is 11.1 Å². The standard InChI is InChI=1S/C11H16O2/c1-9-6-10(2)8-11(7-9)13-5-3-4-12/h6-8,12H,3-5H2,1-2H3. The van der Waals surface area contributed by atoms with Crippen molar-refractivity contribution in [2.75, 3.05) is 13.2 Å². The topological polar surface area (TPSA) is 29.5 Å². The van der Waals surface area contributed by atoms with Crippen molar-refractivity contribution in [1.82, 2.24) is 0 Å². The van der Waals surface area contributed by atoms with Crippen LogP contribution in [0.15, 0.2) is 18.2 Å². The van der Waals surface area contributed by atoms with E-state index in [2.05, 4.69) is 6.07 Å². The maximum Gasteiger partial charge on any atom is 0.119 e. The molecule has 0 radical (unpaired) electrons. The Labute approximate surface area is 79.2 Å². The van der Waals surface area contributed by atoms with Gasteiger partial charge in [-0.3, -0.25) is 0 Å². The molecule has 1 aromatic rings. The fraction of sp³-hybridized carbons (Fsp3) is 0.455. The van der Waals surface area contributed by atoms with Crippen LogP contribution < -0.4 is 4.74 Å². The molecule has 0 fully saturated rings. The van der Waals surface area contributed by atoms with Crippen molar-refractivity contribution in [1.29, 1.82) is 0 Å². The molecule has 0 atom stereocenters. The lowest BCUT2D eigenvalue weighted by atomic mass is 10.1. The third kappa shape index (κ3) is 3.47. The average Bonchev–Trinajstić information content (AvgIpc) is 2.03. The fourth-order valence-corrected chi connectivity index (χ4v) is 1.27. The first-order valence-corrected chi connectivity index (χ1v) is 4.54. The zero-order valence-electron chi connectivity index (χ0n) is 8.21. The molecule has 0 aliphatic rings. The number of ether oxygens (including phenoxy) is 1. The summed E-state index contributed by atoms with van der Waals surface area (Å²) in [6, 6.07) is 6.12. The summed E-state index contributed by atoms with van der Waals surface area (Å²) >= 11 is 0. The Morgan fingerprint density at radius 1 is 1.15 bits per heavy atom. The lowest BCUT2D eigenvalue weighted by molar-refractivity contribution is 0.233. The first kappa shape index (κ1) is 10.1. The van der Waals surface area contributed by atoms with Crippen LogP contribution in [0.25, 0.3) is 0 Å². The Morgan fingerprint density at radius 3 is 2.31 bits per heavy atom. The lowest BCUT2D eigenvalue weighted by Crippen LogP contribution is -1.99. The lowest BCUT2D eigenvalue weighted by Gasteiger charge is -2.06. The molecule has 0 aliphatic heterocycles. The van der Waals surface area contributed by atoms with Crippen LogP contribution in [0.5, 0.6) is 5.75 Å². The molecule has 0 saturated carbocycles. The molecular formula is C11H16O2. The summed E-state index contributed by atoms with van der Waals surface area (Å²) in [5.41, 5.74) is 2.41. The van der Waals surface area contributed by atoms with Crippen LogP contribution in [0.1, 0.15) is 17.5 Å². The zero-order chi connectivity index (χ0) is 9.68. The Bertz CT molecular complexity index is 249. The summed E-state index contributed by atoms with van der Waals surface area (Å²) in [7, 11) is 0. The normalized spacial score (nSPS) is 10.1. The van der Waals surface area contributed by atoms with E-state index in [4.69, 9.17) is 9.84 Å². The van der Waals surface area contributed by atoms with Crippen LogP contribution in [0.3, 0.4) is 0 Å². The van der Waals surface area contributed by atoms with Crippen LogP contribution in [-0.4, -0.2) is 18.3 Å². The van der Waals surface area contributed by atoms with Crippen molar-refractivity contribution in [2.24, 2.45) is 0 Å². The zero-order valence-corrected chi connectivity index (χ0v) is 8.21. The minimum absolute atomic E-state index is 0.185. The molecular weight excluding hydrogens is 164 g/mol. The maximum atomic E-state index is 8.57. The van der Waals surface area contributed by atoms with E-state index in [9.17, 15) is 0 Å². The number of aliphatic hydroxyl groups excluding tert-OH is 1. The minimum Gasteiger partial charge on any atom is -0.493 e. The predicted octanol–water partition coefficient (Wildman–Crippen LogP) is 2.06. The first-order valence-electron chi connectivity index (χ1n) is 4.54. The number of hydrogen-bond acceptors (Lipinski definition) is 2. The van der Waals surface area contributed by atoms with Crippen molar-refractivity contribution >= 4 is 0 Å². The van der Waals surface area contributed by atoms with Gasteiger partial charge in [0.05, 0.1) is 6.61 Å². The van der Waals surface area contributed by atoms with Gasteiger partial charge in [-0.15, -0.1) is 0 Å². The number of benzene rings is 1. The smallest absolute Gasteiger partial charge is 0.119 e. The molecule has 0 bridgehead atoms. The number of rotatable bonds is 4. The van der Waals surface area contributed by atoms with Gasteiger partial charge in [-0.2, -0.15) is 0 Å². The van der Waals surface area contributed by atoms with Gasteiger partial charge in [-0.1, -0.05) is 6.07 Å². The van der Waals surface area contributed by atoms with Crippen LogP contribution in [0, 0.1) is 13.8 Å². The highest BCUT2D eigenvalue weighted by molar-refractivity contribution is 5.32. The summed E-state index contributed by atoms with van der Waals surface area (Å²) in [6.07, 6.45) is 0.687. The molecule has 1 rings (SSSR count). The summed E-state index contributed by atoms with van der Waals surface area (Å²) in [4.78, 5) is 0. The number of aryl methyl sites for hydroxylation is 2. The fourth-order valence-electron chi connectivity index (χ4n) is 1.27. The molecule has 1 N–H and O–H groups in total. The van der Waals surface area contributed by atoms with E-state index >= 15 is 0 Å². The Kier molecular flexibility index (Phi) is 3.77. The van der Waals surface area contributed by atoms with Crippen molar-refractivity contribution in [3.05, 3.63) is 29.3 Å². The highest BCUT2D eigenvalue weighted by atomic mass is 16.5. The van der Waals surface area contributed by atoms with Gasteiger partial charge in [0.1, 0.15) is 5.75 Å². The molecule has 0 saturated heterocycles. The van der Waals surface area contributed by atoms with E-state index < -0.39 is 0 Å². The van der Waals surface area contributed by atoms with Gasteiger partial charge >= 0.3 is 0 Å².